The van der Waals surface area contributed by atoms with Crippen LogP contribution >= 0.6 is 0 Å². The molecule has 7 nitrogen and oxygen atoms in total. The number of halogens is 2. The minimum absolute atomic E-state index is 0.0706. The molecule has 3 aromatic heterocycles. The molecule has 156 valence electrons. The fraction of sp³-hybridized carbons (Fsp3) is 0.136. The van der Waals surface area contributed by atoms with E-state index >= 15 is 0 Å². The molecule has 1 aliphatic rings. The number of pyridine rings is 2. The average Bonchev–Trinajstić information content (AvgIpc) is 3.17. The highest BCUT2D eigenvalue weighted by Crippen LogP contribution is 2.34. The van der Waals surface area contributed by atoms with Gasteiger partial charge in [-0.25, -0.2) is 13.8 Å². The van der Waals surface area contributed by atoms with Crippen LogP contribution in [-0.4, -0.2) is 38.7 Å². The van der Waals surface area contributed by atoms with Crippen molar-refractivity contribution in [3.8, 4) is 17.0 Å². The van der Waals surface area contributed by atoms with E-state index in [9.17, 15) is 18.7 Å². The van der Waals surface area contributed by atoms with Gasteiger partial charge in [0, 0.05) is 24.2 Å². The van der Waals surface area contributed by atoms with Gasteiger partial charge in [0.15, 0.2) is 5.82 Å². The summed E-state index contributed by atoms with van der Waals surface area (Å²) in [6.07, 6.45) is 2.99. The van der Waals surface area contributed by atoms with Gasteiger partial charge < -0.3 is 20.1 Å². The fourth-order valence-electron chi connectivity index (χ4n) is 3.72. The zero-order valence-corrected chi connectivity index (χ0v) is 16.0. The van der Waals surface area contributed by atoms with E-state index < -0.39 is 29.7 Å². The zero-order chi connectivity index (χ0) is 21.5. The number of hydrogen-bond acceptors (Lipinski definition) is 5. The largest absolute Gasteiger partial charge is 0.490 e. The van der Waals surface area contributed by atoms with E-state index in [1.165, 1.54) is 36.8 Å². The molecule has 1 aliphatic heterocycles. The van der Waals surface area contributed by atoms with Gasteiger partial charge in [-0.15, -0.1) is 0 Å². The molecule has 0 aliphatic carbocycles. The lowest BCUT2D eigenvalue weighted by molar-refractivity contribution is 0.0485. The van der Waals surface area contributed by atoms with Crippen molar-refractivity contribution < 1.29 is 23.4 Å². The third-order valence-electron chi connectivity index (χ3n) is 5.23. The van der Waals surface area contributed by atoms with Crippen molar-refractivity contribution in [1.29, 1.82) is 0 Å². The van der Waals surface area contributed by atoms with Crippen molar-refractivity contribution in [1.82, 2.24) is 20.3 Å². The number of amides is 1. The Morgan fingerprint density at radius 1 is 1.16 bits per heavy atom. The molecule has 0 bridgehead atoms. The third-order valence-corrected chi connectivity index (χ3v) is 5.23. The van der Waals surface area contributed by atoms with E-state index in [2.05, 4.69) is 20.3 Å². The normalized spacial score (nSPS) is 17.8. The second kappa shape index (κ2) is 7.44. The Balaban J connectivity index is 1.42. The highest BCUT2D eigenvalue weighted by Gasteiger charge is 2.33. The first-order valence-corrected chi connectivity index (χ1v) is 9.51. The number of nitrogens with zero attached hydrogens (tertiary/aromatic N) is 2. The quantitative estimate of drug-likeness (QED) is 0.471. The summed E-state index contributed by atoms with van der Waals surface area (Å²) in [7, 11) is 0. The van der Waals surface area contributed by atoms with Gasteiger partial charge in [0.05, 0.1) is 28.2 Å². The number of aromatic amines is 1. The molecule has 31 heavy (non-hydrogen) atoms. The maximum atomic E-state index is 14.3. The number of carbonyl (C=O) groups is 1. The maximum absolute atomic E-state index is 14.3. The Bertz CT molecular complexity index is 1290. The standard InChI is InChI=1S/C22H16F2N4O3/c23-13-2-1-3-17-19(13)20(16(29)10-31-17)28-22(30)11-4-5-15(26-8-11)12-6-7-25-21-18(12)14(24)9-27-21/h1-9,16,20,29H,10H2,(H,25,27)(H,28,30)/t16-,20-/m0/s1. The topological polar surface area (TPSA) is 100 Å². The van der Waals surface area contributed by atoms with Crippen LogP contribution in [0.25, 0.3) is 22.3 Å². The summed E-state index contributed by atoms with van der Waals surface area (Å²) in [4.78, 5) is 23.9. The van der Waals surface area contributed by atoms with Crippen molar-refractivity contribution >= 4 is 16.9 Å². The van der Waals surface area contributed by atoms with Crippen LogP contribution in [0.15, 0.2) is 55.0 Å². The van der Waals surface area contributed by atoms with E-state index in [1.807, 2.05) is 0 Å². The van der Waals surface area contributed by atoms with Gasteiger partial charge >= 0.3 is 0 Å². The molecule has 0 radical (unpaired) electrons. The average molecular weight is 422 g/mol. The van der Waals surface area contributed by atoms with Crippen LogP contribution in [0.4, 0.5) is 8.78 Å². The molecule has 0 saturated carbocycles. The smallest absolute Gasteiger partial charge is 0.253 e. The second-order valence-electron chi connectivity index (χ2n) is 7.13. The Morgan fingerprint density at radius 2 is 2.03 bits per heavy atom. The molecule has 9 heteroatoms. The van der Waals surface area contributed by atoms with Crippen molar-refractivity contribution in [3.63, 3.8) is 0 Å². The lowest BCUT2D eigenvalue weighted by Gasteiger charge is -2.31. The van der Waals surface area contributed by atoms with E-state index in [0.717, 1.165) is 0 Å². The molecule has 0 spiro atoms. The number of H-pyrrole nitrogens is 1. The van der Waals surface area contributed by atoms with Crippen molar-refractivity contribution in [3.05, 3.63) is 77.8 Å². The van der Waals surface area contributed by atoms with Gasteiger partial charge in [-0.3, -0.25) is 9.78 Å². The SMILES string of the molecule is O=C(N[C@@H]1c2c(F)cccc2OC[C@@H]1O)c1ccc(-c2ccnc3[nH]cc(F)c23)nc1. The molecule has 0 unspecified atom stereocenters. The molecule has 2 atom stereocenters. The molecular weight excluding hydrogens is 406 g/mol. The highest BCUT2D eigenvalue weighted by atomic mass is 19.1. The number of ether oxygens (including phenoxy) is 1. The molecule has 4 aromatic rings. The van der Waals surface area contributed by atoms with E-state index in [1.54, 1.807) is 18.2 Å². The van der Waals surface area contributed by atoms with Gasteiger partial charge in [0.1, 0.15) is 29.9 Å². The van der Waals surface area contributed by atoms with Crippen LogP contribution in [-0.2, 0) is 0 Å². The van der Waals surface area contributed by atoms with Crippen LogP contribution < -0.4 is 10.1 Å². The predicted octanol–water partition coefficient (Wildman–Crippen LogP) is 3.13. The Hall–Kier alpha value is -3.85. The summed E-state index contributed by atoms with van der Waals surface area (Å²) in [6.45, 7) is -0.0706. The molecule has 5 rings (SSSR count). The fourth-order valence-corrected chi connectivity index (χ4v) is 3.72. The van der Waals surface area contributed by atoms with E-state index in [0.29, 0.717) is 22.3 Å². The van der Waals surface area contributed by atoms with Crippen molar-refractivity contribution in [2.24, 2.45) is 0 Å². The van der Waals surface area contributed by atoms with E-state index in [-0.39, 0.29) is 23.5 Å². The van der Waals surface area contributed by atoms with Gasteiger partial charge in [-0.1, -0.05) is 6.07 Å². The number of fused-ring (bicyclic) bond motifs is 2. The Kier molecular flexibility index (Phi) is 4.59. The molecule has 4 heterocycles. The minimum Gasteiger partial charge on any atom is -0.490 e. The summed E-state index contributed by atoms with van der Waals surface area (Å²) in [5, 5.41) is 13.2. The predicted molar refractivity (Wildman–Crippen MR) is 107 cm³/mol. The lowest BCUT2D eigenvalue weighted by atomic mass is 9.97. The first kappa shape index (κ1) is 19.1. The van der Waals surface area contributed by atoms with Crippen LogP contribution in [0, 0.1) is 11.6 Å². The van der Waals surface area contributed by atoms with Crippen molar-refractivity contribution in [2.45, 2.75) is 12.1 Å². The number of aliphatic hydroxyl groups is 1. The summed E-state index contributed by atoms with van der Waals surface area (Å²) in [6, 6.07) is 8.11. The maximum Gasteiger partial charge on any atom is 0.253 e. The van der Waals surface area contributed by atoms with Gasteiger partial charge in [-0.2, -0.15) is 0 Å². The number of rotatable bonds is 3. The van der Waals surface area contributed by atoms with Crippen LogP contribution in [0.2, 0.25) is 0 Å². The number of aliphatic hydroxyl groups excluding tert-OH is 1. The summed E-state index contributed by atoms with van der Waals surface area (Å²) >= 11 is 0. The molecule has 0 saturated heterocycles. The number of aromatic nitrogens is 3. The van der Waals surface area contributed by atoms with E-state index in [4.69, 9.17) is 4.74 Å². The number of benzene rings is 1. The lowest BCUT2D eigenvalue weighted by Crippen LogP contribution is -2.42. The van der Waals surface area contributed by atoms with Crippen LogP contribution in [0.5, 0.6) is 5.75 Å². The van der Waals surface area contributed by atoms with Crippen molar-refractivity contribution in [2.75, 3.05) is 6.61 Å². The summed E-state index contributed by atoms with van der Waals surface area (Å²) < 4.78 is 33.8. The molecular formula is C22H16F2N4O3. The minimum atomic E-state index is -1.11. The monoisotopic (exact) mass is 422 g/mol. The zero-order valence-electron chi connectivity index (χ0n) is 16.0. The van der Waals surface area contributed by atoms with Gasteiger partial charge in [0.25, 0.3) is 5.91 Å². The van der Waals surface area contributed by atoms with Gasteiger partial charge in [-0.05, 0) is 30.3 Å². The van der Waals surface area contributed by atoms with Crippen LogP contribution in [0.3, 0.4) is 0 Å². The Morgan fingerprint density at radius 3 is 2.84 bits per heavy atom. The Labute approximate surface area is 174 Å². The van der Waals surface area contributed by atoms with Crippen LogP contribution in [0.1, 0.15) is 22.0 Å². The molecule has 3 N–H and O–H groups in total. The second-order valence-corrected chi connectivity index (χ2v) is 7.13. The molecule has 0 fully saturated rings. The molecule has 1 aromatic carbocycles. The summed E-state index contributed by atoms with van der Waals surface area (Å²) in [5.41, 5.74) is 1.70. The number of hydrogen-bond donors (Lipinski definition) is 3. The third kappa shape index (κ3) is 3.28. The number of carbonyl (C=O) groups excluding carboxylic acids is 1. The number of nitrogens with one attached hydrogen (secondary N) is 2. The summed E-state index contributed by atoms with van der Waals surface area (Å²) in [5.74, 6) is -1.28. The molecule has 1 amide bonds. The van der Waals surface area contributed by atoms with Gasteiger partial charge in [0.2, 0.25) is 0 Å². The first-order valence-electron chi connectivity index (χ1n) is 9.51. The first-order chi connectivity index (χ1) is 15.0. The highest BCUT2D eigenvalue weighted by molar-refractivity contribution is 5.96.